The molecule has 1 amide bonds. The molecule has 4 nitrogen and oxygen atoms in total. The molecule has 1 aromatic rings. The molecule has 2 rings (SSSR count). The third kappa shape index (κ3) is 4.12. The van der Waals surface area contributed by atoms with Crippen LogP contribution >= 0.6 is 12.4 Å². The van der Waals surface area contributed by atoms with Crippen LogP contribution in [-0.2, 0) is 11.2 Å². The zero-order valence-electron chi connectivity index (χ0n) is 12.1. The van der Waals surface area contributed by atoms with Crippen LogP contribution in [0.1, 0.15) is 12.0 Å². The minimum atomic E-state index is 0. The van der Waals surface area contributed by atoms with Gasteiger partial charge in [-0.3, -0.25) is 4.79 Å². The Morgan fingerprint density at radius 3 is 2.90 bits per heavy atom. The van der Waals surface area contributed by atoms with Crippen molar-refractivity contribution < 1.29 is 9.53 Å². The molecule has 1 aliphatic heterocycles. The van der Waals surface area contributed by atoms with E-state index in [0.717, 1.165) is 37.4 Å². The van der Waals surface area contributed by atoms with Crippen LogP contribution in [0, 0.1) is 5.92 Å². The van der Waals surface area contributed by atoms with E-state index in [4.69, 9.17) is 4.74 Å². The van der Waals surface area contributed by atoms with Gasteiger partial charge in [0.05, 0.1) is 13.5 Å². The van der Waals surface area contributed by atoms with Crippen LogP contribution in [0.3, 0.4) is 0 Å². The Kier molecular flexibility index (Phi) is 6.82. The highest BCUT2D eigenvalue weighted by Gasteiger charge is 2.25. The standard InChI is InChI=1S/C15H22N2O2.ClH/c1-16-10-12-7-8-17(11-12)15(18)9-13-5-3-4-6-14(13)19-2;/h3-6,12,16H,7-11H2,1-2H3;1H. The van der Waals surface area contributed by atoms with Gasteiger partial charge < -0.3 is 15.0 Å². The van der Waals surface area contributed by atoms with Gasteiger partial charge in [-0.05, 0) is 32.0 Å². The lowest BCUT2D eigenvalue weighted by Gasteiger charge is -2.17. The number of hydrogen-bond acceptors (Lipinski definition) is 3. The van der Waals surface area contributed by atoms with Gasteiger partial charge in [0.25, 0.3) is 0 Å². The second kappa shape index (κ2) is 8.12. The molecule has 1 heterocycles. The first kappa shape index (κ1) is 16.8. The lowest BCUT2D eigenvalue weighted by molar-refractivity contribution is -0.129. The monoisotopic (exact) mass is 298 g/mol. The molecule has 0 radical (unpaired) electrons. The number of nitrogens with zero attached hydrogens (tertiary/aromatic N) is 1. The van der Waals surface area contributed by atoms with E-state index in [2.05, 4.69) is 5.32 Å². The van der Waals surface area contributed by atoms with Gasteiger partial charge in [-0.1, -0.05) is 18.2 Å². The average molecular weight is 299 g/mol. The minimum absolute atomic E-state index is 0. The average Bonchev–Trinajstić information content (AvgIpc) is 2.88. The van der Waals surface area contributed by atoms with Crippen LogP contribution in [-0.4, -0.2) is 44.6 Å². The molecule has 0 aromatic heterocycles. The molecule has 1 aliphatic rings. The van der Waals surface area contributed by atoms with Crippen LogP contribution in [0.4, 0.5) is 0 Å². The summed E-state index contributed by atoms with van der Waals surface area (Å²) in [4.78, 5) is 14.2. The maximum absolute atomic E-state index is 12.3. The summed E-state index contributed by atoms with van der Waals surface area (Å²) in [6, 6.07) is 7.72. The molecule has 1 fully saturated rings. The van der Waals surface area contributed by atoms with E-state index >= 15 is 0 Å². The fourth-order valence-electron chi connectivity index (χ4n) is 2.64. The Labute approximate surface area is 126 Å². The Balaban J connectivity index is 0.00000200. The van der Waals surface area contributed by atoms with Crippen molar-refractivity contribution in [3.63, 3.8) is 0 Å². The van der Waals surface area contributed by atoms with Crippen LogP contribution in [0.2, 0.25) is 0 Å². The molecule has 112 valence electrons. The third-order valence-electron chi connectivity index (χ3n) is 3.67. The van der Waals surface area contributed by atoms with E-state index in [0.29, 0.717) is 12.3 Å². The molecular formula is C15H23ClN2O2. The van der Waals surface area contributed by atoms with Gasteiger partial charge in [-0.15, -0.1) is 12.4 Å². The van der Waals surface area contributed by atoms with E-state index in [1.165, 1.54) is 0 Å². The molecule has 0 bridgehead atoms. The van der Waals surface area contributed by atoms with Gasteiger partial charge in [-0.2, -0.15) is 0 Å². The number of methoxy groups -OCH3 is 1. The quantitative estimate of drug-likeness (QED) is 0.900. The van der Waals surface area contributed by atoms with Gasteiger partial charge >= 0.3 is 0 Å². The molecule has 0 spiro atoms. The van der Waals surface area contributed by atoms with E-state index < -0.39 is 0 Å². The molecular weight excluding hydrogens is 276 g/mol. The van der Waals surface area contributed by atoms with Crippen molar-refractivity contribution >= 4 is 18.3 Å². The number of amides is 1. The van der Waals surface area contributed by atoms with Crippen LogP contribution in [0.25, 0.3) is 0 Å². The molecule has 1 N–H and O–H groups in total. The lowest BCUT2D eigenvalue weighted by Crippen LogP contribution is -2.31. The Hall–Kier alpha value is -1.26. The zero-order chi connectivity index (χ0) is 13.7. The number of benzene rings is 1. The summed E-state index contributed by atoms with van der Waals surface area (Å²) < 4.78 is 5.29. The van der Waals surface area contributed by atoms with Crippen molar-refractivity contribution in [1.29, 1.82) is 0 Å². The summed E-state index contributed by atoms with van der Waals surface area (Å²) >= 11 is 0. The molecule has 20 heavy (non-hydrogen) atoms. The highest BCUT2D eigenvalue weighted by molar-refractivity contribution is 5.85. The maximum atomic E-state index is 12.3. The lowest BCUT2D eigenvalue weighted by atomic mass is 10.1. The van der Waals surface area contributed by atoms with Crippen molar-refractivity contribution in [3.05, 3.63) is 29.8 Å². The molecule has 0 aliphatic carbocycles. The van der Waals surface area contributed by atoms with Gasteiger partial charge in [-0.25, -0.2) is 0 Å². The zero-order valence-corrected chi connectivity index (χ0v) is 12.9. The van der Waals surface area contributed by atoms with Crippen molar-refractivity contribution in [2.24, 2.45) is 5.92 Å². The summed E-state index contributed by atoms with van der Waals surface area (Å²) in [5.74, 6) is 1.58. The highest BCUT2D eigenvalue weighted by atomic mass is 35.5. The summed E-state index contributed by atoms with van der Waals surface area (Å²) in [7, 11) is 3.60. The number of rotatable bonds is 5. The van der Waals surface area contributed by atoms with Gasteiger partial charge in [0.15, 0.2) is 0 Å². The van der Waals surface area contributed by atoms with Gasteiger partial charge in [0.1, 0.15) is 5.75 Å². The van der Waals surface area contributed by atoms with E-state index in [1.54, 1.807) is 7.11 Å². The third-order valence-corrected chi connectivity index (χ3v) is 3.67. The van der Waals surface area contributed by atoms with Gasteiger partial charge in [0.2, 0.25) is 5.91 Å². The van der Waals surface area contributed by atoms with Crippen LogP contribution in [0.5, 0.6) is 5.75 Å². The largest absolute Gasteiger partial charge is 0.496 e. The molecule has 1 aromatic carbocycles. The second-order valence-electron chi connectivity index (χ2n) is 5.04. The van der Waals surface area contributed by atoms with E-state index in [1.807, 2.05) is 36.2 Å². The number of halogens is 1. The molecule has 5 heteroatoms. The number of carbonyl (C=O) groups is 1. The highest BCUT2D eigenvalue weighted by Crippen LogP contribution is 2.21. The number of carbonyl (C=O) groups excluding carboxylic acids is 1. The topological polar surface area (TPSA) is 41.6 Å². The summed E-state index contributed by atoms with van der Waals surface area (Å²) in [6.45, 7) is 2.73. The fraction of sp³-hybridized carbons (Fsp3) is 0.533. The number of hydrogen-bond donors (Lipinski definition) is 1. The Morgan fingerprint density at radius 2 is 2.20 bits per heavy atom. The SMILES string of the molecule is CNCC1CCN(C(=O)Cc2ccccc2OC)C1.Cl. The molecule has 0 saturated carbocycles. The number of nitrogens with one attached hydrogen (secondary N) is 1. The predicted molar refractivity (Wildman–Crippen MR) is 82.6 cm³/mol. The normalized spacial score (nSPS) is 17.7. The first-order valence-corrected chi connectivity index (χ1v) is 6.79. The number of ether oxygens (including phenoxy) is 1. The molecule has 1 saturated heterocycles. The van der Waals surface area contributed by atoms with E-state index in [-0.39, 0.29) is 18.3 Å². The molecule has 1 unspecified atom stereocenters. The number of likely N-dealkylation sites (tertiary alicyclic amines) is 1. The van der Waals surface area contributed by atoms with E-state index in [9.17, 15) is 4.79 Å². The van der Waals surface area contributed by atoms with Gasteiger partial charge in [0, 0.05) is 18.7 Å². The van der Waals surface area contributed by atoms with Crippen LogP contribution < -0.4 is 10.1 Å². The van der Waals surface area contributed by atoms with Crippen molar-refractivity contribution in [3.8, 4) is 5.75 Å². The first-order valence-electron chi connectivity index (χ1n) is 6.79. The van der Waals surface area contributed by atoms with Crippen molar-refractivity contribution in [2.45, 2.75) is 12.8 Å². The van der Waals surface area contributed by atoms with Crippen molar-refractivity contribution in [2.75, 3.05) is 33.8 Å². The Morgan fingerprint density at radius 1 is 1.45 bits per heavy atom. The fourth-order valence-corrected chi connectivity index (χ4v) is 2.64. The summed E-state index contributed by atoms with van der Waals surface area (Å²) in [5, 5.41) is 3.18. The van der Waals surface area contributed by atoms with Crippen LogP contribution in [0.15, 0.2) is 24.3 Å². The van der Waals surface area contributed by atoms with Crippen molar-refractivity contribution in [1.82, 2.24) is 10.2 Å². The summed E-state index contributed by atoms with van der Waals surface area (Å²) in [5.41, 5.74) is 0.965. The maximum Gasteiger partial charge on any atom is 0.227 e. The first-order chi connectivity index (χ1) is 9.24. The number of para-hydroxylation sites is 1. The second-order valence-corrected chi connectivity index (χ2v) is 5.04. The smallest absolute Gasteiger partial charge is 0.227 e. The summed E-state index contributed by atoms with van der Waals surface area (Å²) in [6.07, 6.45) is 1.52. The molecule has 1 atom stereocenters. The predicted octanol–water partition coefficient (Wildman–Crippen LogP) is 1.73. The minimum Gasteiger partial charge on any atom is -0.496 e. The Bertz CT molecular complexity index is 440.